The molecule has 0 spiro atoms. The lowest BCUT2D eigenvalue weighted by Gasteiger charge is -2.48. The van der Waals surface area contributed by atoms with Gasteiger partial charge in [0.05, 0.1) is 50.2 Å². The van der Waals surface area contributed by atoms with Gasteiger partial charge in [0.1, 0.15) is 48.1 Å². The SMILES string of the molecule is CN[C@@H]1[C@@H](O)[C@@H](O[C@@H]2[C@@H](O)[C@H](O[C@H]3O[C@H](CNCC(O)CO)CC[C@H]3N)[C@@H](N)C[C@H]2N=C(N)C(O)C(O)CO)OC[C@]1(C)O. The van der Waals surface area contributed by atoms with Crippen molar-refractivity contribution < 1.29 is 59.8 Å². The number of amidine groups is 1. The van der Waals surface area contributed by atoms with Crippen LogP contribution in [-0.2, 0) is 18.9 Å². The topological polar surface area (TPSA) is 313 Å². The normalized spacial score (nSPS) is 42.5. The zero-order valence-corrected chi connectivity index (χ0v) is 25.1. The van der Waals surface area contributed by atoms with Gasteiger partial charge in [0.15, 0.2) is 12.6 Å². The number of aliphatic imine (C=N–C) groups is 1. The van der Waals surface area contributed by atoms with Crippen molar-refractivity contribution in [2.75, 3.05) is 40.0 Å². The first-order valence-corrected chi connectivity index (χ1v) is 14.9. The standard InChI is InChI=1S/C26H52N6O12/c1-26(40)10-41-25(19(39)22(26)30-2)44-21-15(32-23(29)17(37)16(36)9-34)5-14(28)20(18(21)38)43-24-13(27)4-3-12(42-24)7-31-6-11(35)8-33/h11-22,24-25,30-31,33-40H,3-10,27-28H2,1-2H3,(H2,29,32)/t11?,12-,13+,14-,15+,16?,17?,18-,19+,20+,21-,22+,24+,25+,26-/m0/s1. The van der Waals surface area contributed by atoms with E-state index in [1.807, 2.05) is 0 Å². The Labute approximate surface area is 256 Å². The first-order valence-electron chi connectivity index (χ1n) is 14.9. The molecule has 18 heteroatoms. The number of likely N-dealkylation sites (N-methyl/N-ethyl adjacent to an activating group) is 1. The number of aliphatic hydroxyl groups excluding tert-OH is 7. The molecule has 44 heavy (non-hydrogen) atoms. The molecule has 1 saturated carbocycles. The van der Waals surface area contributed by atoms with Crippen LogP contribution >= 0.6 is 0 Å². The molecule has 3 aliphatic rings. The molecule has 3 fully saturated rings. The molecule has 1 aliphatic carbocycles. The molecule has 0 bridgehead atoms. The van der Waals surface area contributed by atoms with Crippen LogP contribution in [0.15, 0.2) is 4.99 Å². The molecule has 0 aromatic rings. The fourth-order valence-corrected chi connectivity index (χ4v) is 5.77. The zero-order valence-electron chi connectivity index (χ0n) is 25.1. The Balaban J connectivity index is 1.81. The van der Waals surface area contributed by atoms with Crippen LogP contribution in [0.25, 0.3) is 0 Å². The summed E-state index contributed by atoms with van der Waals surface area (Å²) in [5, 5.41) is 86.9. The van der Waals surface area contributed by atoms with Crippen LogP contribution in [0, 0.1) is 0 Å². The number of aliphatic hydroxyl groups is 8. The molecule has 18 nitrogen and oxygen atoms in total. The van der Waals surface area contributed by atoms with Crippen LogP contribution in [0.4, 0.5) is 0 Å². The van der Waals surface area contributed by atoms with E-state index in [2.05, 4.69) is 15.6 Å². The minimum absolute atomic E-state index is 0.00297. The molecule has 258 valence electrons. The third-order valence-corrected chi connectivity index (χ3v) is 8.34. The van der Waals surface area contributed by atoms with E-state index in [0.717, 1.165) is 0 Å². The maximum atomic E-state index is 11.6. The zero-order chi connectivity index (χ0) is 32.8. The van der Waals surface area contributed by atoms with Crippen molar-refractivity contribution in [2.24, 2.45) is 22.2 Å². The lowest BCUT2D eigenvalue weighted by atomic mass is 9.83. The van der Waals surface area contributed by atoms with Crippen molar-refractivity contribution in [2.45, 2.75) is 117 Å². The summed E-state index contributed by atoms with van der Waals surface area (Å²) in [6.45, 7) is 0.611. The first-order chi connectivity index (χ1) is 20.7. The average molecular weight is 641 g/mol. The third-order valence-electron chi connectivity index (χ3n) is 8.34. The van der Waals surface area contributed by atoms with Crippen molar-refractivity contribution in [3.8, 4) is 0 Å². The minimum atomic E-state index is -1.72. The molecule has 0 radical (unpaired) electrons. The summed E-state index contributed by atoms with van der Waals surface area (Å²) >= 11 is 0. The fraction of sp³-hybridized carbons (Fsp3) is 0.962. The van der Waals surface area contributed by atoms with E-state index in [0.29, 0.717) is 19.4 Å². The van der Waals surface area contributed by atoms with Gasteiger partial charge in [-0.3, -0.25) is 4.99 Å². The summed E-state index contributed by atoms with van der Waals surface area (Å²) in [5.41, 5.74) is 17.2. The van der Waals surface area contributed by atoms with Crippen LogP contribution in [-0.4, -0.2) is 178 Å². The van der Waals surface area contributed by atoms with Gasteiger partial charge >= 0.3 is 0 Å². The Kier molecular flexibility index (Phi) is 14.1. The van der Waals surface area contributed by atoms with Crippen LogP contribution in [0.5, 0.6) is 0 Å². The van der Waals surface area contributed by atoms with Gasteiger partial charge in [0.2, 0.25) is 0 Å². The van der Waals surface area contributed by atoms with Crippen molar-refractivity contribution in [3.63, 3.8) is 0 Å². The van der Waals surface area contributed by atoms with E-state index < -0.39 is 97.5 Å². The van der Waals surface area contributed by atoms with E-state index in [9.17, 15) is 35.7 Å². The molecule has 2 aliphatic heterocycles. The van der Waals surface area contributed by atoms with Crippen LogP contribution in [0.1, 0.15) is 26.2 Å². The van der Waals surface area contributed by atoms with Gasteiger partial charge in [-0.2, -0.15) is 0 Å². The molecule has 0 aromatic carbocycles. The maximum absolute atomic E-state index is 11.6. The second-order valence-corrected chi connectivity index (χ2v) is 12.1. The largest absolute Gasteiger partial charge is 0.394 e. The average Bonchev–Trinajstić information content (AvgIpc) is 2.98. The molecular weight excluding hydrogens is 588 g/mol. The van der Waals surface area contributed by atoms with E-state index >= 15 is 0 Å². The van der Waals surface area contributed by atoms with Crippen LogP contribution < -0.4 is 27.8 Å². The van der Waals surface area contributed by atoms with Crippen molar-refractivity contribution >= 4 is 5.84 Å². The smallest absolute Gasteiger partial charge is 0.185 e. The van der Waals surface area contributed by atoms with Gasteiger partial charge in [-0.05, 0) is 33.2 Å². The Morgan fingerprint density at radius 3 is 2.34 bits per heavy atom. The number of hydrogen-bond donors (Lipinski definition) is 13. The number of ether oxygens (including phenoxy) is 4. The first kappa shape index (κ1) is 37.3. The monoisotopic (exact) mass is 640 g/mol. The predicted molar refractivity (Wildman–Crippen MR) is 154 cm³/mol. The predicted octanol–water partition coefficient (Wildman–Crippen LogP) is -6.88. The Bertz CT molecular complexity index is 908. The number of rotatable bonds is 14. The lowest BCUT2D eigenvalue weighted by molar-refractivity contribution is -0.306. The quantitative estimate of drug-likeness (QED) is 0.0619. The number of nitrogens with two attached hydrogens (primary N) is 3. The van der Waals surface area contributed by atoms with Gasteiger partial charge in [0.25, 0.3) is 0 Å². The summed E-state index contributed by atoms with van der Waals surface area (Å²) in [7, 11) is 1.55. The van der Waals surface area contributed by atoms with Crippen molar-refractivity contribution in [1.82, 2.24) is 10.6 Å². The molecule has 0 aromatic heterocycles. The molecule has 16 N–H and O–H groups in total. The maximum Gasteiger partial charge on any atom is 0.185 e. The second-order valence-electron chi connectivity index (χ2n) is 12.1. The van der Waals surface area contributed by atoms with E-state index in [1.54, 1.807) is 7.05 Å². The van der Waals surface area contributed by atoms with Crippen LogP contribution in [0.3, 0.4) is 0 Å². The fourth-order valence-electron chi connectivity index (χ4n) is 5.77. The Hall–Kier alpha value is -1.17. The van der Waals surface area contributed by atoms with E-state index in [1.165, 1.54) is 6.92 Å². The van der Waals surface area contributed by atoms with Crippen molar-refractivity contribution in [1.29, 1.82) is 0 Å². The van der Waals surface area contributed by atoms with E-state index in [4.69, 9.17) is 41.3 Å². The highest BCUT2D eigenvalue weighted by Gasteiger charge is 2.51. The molecule has 0 amide bonds. The summed E-state index contributed by atoms with van der Waals surface area (Å²) in [4.78, 5) is 4.26. The van der Waals surface area contributed by atoms with Gasteiger partial charge in [0, 0.05) is 19.1 Å². The number of nitrogens with zero attached hydrogens (tertiary/aromatic N) is 1. The van der Waals surface area contributed by atoms with E-state index in [-0.39, 0.29) is 32.3 Å². The molecule has 3 unspecified atom stereocenters. The van der Waals surface area contributed by atoms with Gasteiger partial charge in [-0.15, -0.1) is 0 Å². The highest BCUT2D eigenvalue weighted by molar-refractivity contribution is 5.85. The number of hydrogen-bond acceptors (Lipinski definition) is 17. The second kappa shape index (κ2) is 16.6. The summed E-state index contributed by atoms with van der Waals surface area (Å²) in [5.74, 6) is -0.440. The van der Waals surface area contributed by atoms with Gasteiger partial charge in [-0.1, -0.05) is 0 Å². The molecule has 2 saturated heterocycles. The highest BCUT2D eigenvalue weighted by Crippen LogP contribution is 2.33. The minimum Gasteiger partial charge on any atom is -0.394 e. The van der Waals surface area contributed by atoms with Gasteiger partial charge in [-0.25, -0.2) is 0 Å². The summed E-state index contributed by atoms with van der Waals surface area (Å²) in [6, 6.07) is -3.31. The number of nitrogens with one attached hydrogen (secondary N) is 2. The molecule has 3 rings (SSSR count). The highest BCUT2D eigenvalue weighted by atomic mass is 16.7. The third kappa shape index (κ3) is 9.22. The Morgan fingerprint density at radius 1 is 1.02 bits per heavy atom. The molecule has 15 atom stereocenters. The Morgan fingerprint density at radius 2 is 1.70 bits per heavy atom. The molecule has 2 heterocycles. The lowest BCUT2D eigenvalue weighted by Crippen LogP contribution is -2.67. The summed E-state index contributed by atoms with van der Waals surface area (Å²) < 4.78 is 23.9. The van der Waals surface area contributed by atoms with Crippen LogP contribution in [0.2, 0.25) is 0 Å². The van der Waals surface area contributed by atoms with Crippen molar-refractivity contribution in [3.05, 3.63) is 0 Å². The molecular formula is C26H52N6O12. The van der Waals surface area contributed by atoms with Gasteiger partial charge < -0.3 is 87.6 Å². The summed E-state index contributed by atoms with van der Waals surface area (Å²) in [6.07, 6.45) is -11.1.